The van der Waals surface area contributed by atoms with Crippen molar-refractivity contribution in [2.75, 3.05) is 0 Å². The van der Waals surface area contributed by atoms with Gasteiger partial charge in [-0.15, -0.1) is 5.10 Å². The summed E-state index contributed by atoms with van der Waals surface area (Å²) in [4.78, 5) is 0. The predicted octanol–water partition coefficient (Wildman–Crippen LogP) is 1.88. The number of benzene rings is 2. The number of hydrogen-bond donors (Lipinski definition) is 1. The maximum Gasteiger partial charge on any atom is 0.113 e. The van der Waals surface area contributed by atoms with E-state index in [9.17, 15) is 0 Å². The fraction of sp³-hybridized carbons (Fsp3) is 0.0769. The Morgan fingerprint density at radius 3 is 2.82 bits per heavy atom. The van der Waals surface area contributed by atoms with Crippen LogP contribution in [-0.4, -0.2) is 15.0 Å². The van der Waals surface area contributed by atoms with E-state index in [1.165, 1.54) is 0 Å². The average Bonchev–Trinajstić information content (AvgIpc) is 2.82. The first kappa shape index (κ1) is 9.99. The summed E-state index contributed by atoms with van der Waals surface area (Å²) in [5, 5.41) is 8.30. The third-order valence-electron chi connectivity index (χ3n) is 2.74. The van der Waals surface area contributed by atoms with Crippen LogP contribution < -0.4 is 5.73 Å². The quantitative estimate of drug-likeness (QED) is 0.723. The van der Waals surface area contributed by atoms with Crippen molar-refractivity contribution in [2.45, 2.75) is 6.54 Å². The molecular weight excluding hydrogens is 212 g/mol. The second kappa shape index (κ2) is 3.99. The van der Waals surface area contributed by atoms with E-state index < -0.39 is 0 Å². The second-order valence-electron chi connectivity index (χ2n) is 3.86. The zero-order chi connectivity index (χ0) is 11.7. The van der Waals surface area contributed by atoms with E-state index in [0.717, 1.165) is 22.3 Å². The summed E-state index contributed by atoms with van der Waals surface area (Å²) < 4.78 is 1.83. The van der Waals surface area contributed by atoms with E-state index in [2.05, 4.69) is 10.3 Å². The Labute approximate surface area is 98.7 Å². The lowest BCUT2D eigenvalue weighted by Gasteiger charge is -2.03. The van der Waals surface area contributed by atoms with E-state index in [4.69, 9.17) is 5.73 Å². The molecule has 0 aliphatic rings. The number of nitrogens with two attached hydrogens (primary N) is 1. The van der Waals surface area contributed by atoms with Crippen LogP contribution in [0.15, 0.2) is 48.5 Å². The van der Waals surface area contributed by atoms with Crippen molar-refractivity contribution in [1.29, 1.82) is 0 Å². The lowest BCUT2D eigenvalue weighted by molar-refractivity contribution is 0.822. The number of rotatable bonds is 2. The Kier molecular flexibility index (Phi) is 2.34. The smallest absolute Gasteiger partial charge is 0.113 e. The summed E-state index contributed by atoms with van der Waals surface area (Å²) in [6, 6.07) is 15.9. The van der Waals surface area contributed by atoms with Crippen LogP contribution in [-0.2, 0) is 6.54 Å². The van der Waals surface area contributed by atoms with Gasteiger partial charge in [-0.1, -0.05) is 29.5 Å². The summed E-state index contributed by atoms with van der Waals surface area (Å²) >= 11 is 0. The van der Waals surface area contributed by atoms with Crippen LogP contribution in [0.1, 0.15) is 5.56 Å². The molecule has 0 radical (unpaired) electrons. The summed E-state index contributed by atoms with van der Waals surface area (Å²) in [6.45, 7) is 0.528. The molecule has 3 aromatic rings. The first-order valence-electron chi connectivity index (χ1n) is 5.48. The van der Waals surface area contributed by atoms with Crippen molar-refractivity contribution in [3.05, 3.63) is 54.1 Å². The van der Waals surface area contributed by atoms with Gasteiger partial charge < -0.3 is 5.73 Å². The van der Waals surface area contributed by atoms with Crippen LogP contribution in [0.2, 0.25) is 0 Å². The largest absolute Gasteiger partial charge is 0.326 e. The summed E-state index contributed by atoms with van der Waals surface area (Å²) in [7, 11) is 0. The van der Waals surface area contributed by atoms with Crippen LogP contribution in [0.5, 0.6) is 0 Å². The third-order valence-corrected chi connectivity index (χ3v) is 2.74. The topological polar surface area (TPSA) is 56.7 Å². The van der Waals surface area contributed by atoms with Gasteiger partial charge in [0.05, 0.1) is 11.2 Å². The number of hydrogen-bond acceptors (Lipinski definition) is 3. The Balaban J connectivity index is 2.20. The summed E-state index contributed by atoms with van der Waals surface area (Å²) in [5.41, 5.74) is 9.61. The molecule has 17 heavy (non-hydrogen) atoms. The second-order valence-corrected chi connectivity index (χ2v) is 3.86. The highest BCUT2D eigenvalue weighted by molar-refractivity contribution is 5.75. The molecule has 0 aliphatic carbocycles. The number of para-hydroxylation sites is 1. The van der Waals surface area contributed by atoms with Crippen LogP contribution in [0, 0.1) is 0 Å². The molecule has 0 saturated carbocycles. The molecule has 2 aromatic carbocycles. The average molecular weight is 224 g/mol. The molecule has 2 N–H and O–H groups in total. The lowest BCUT2D eigenvalue weighted by atomic mass is 10.2. The molecular formula is C13H12N4. The van der Waals surface area contributed by atoms with E-state index in [0.29, 0.717) is 6.54 Å². The first-order chi connectivity index (χ1) is 8.38. The molecule has 0 atom stereocenters. The van der Waals surface area contributed by atoms with Gasteiger partial charge in [0.2, 0.25) is 0 Å². The molecule has 0 amide bonds. The third kappa shape index (κ3) is 1.68. The van der Waals surface area contributed by atoms with Crippen LogP contribution in [0.3, 0.4) is 0 Å². The molecule has 4 heteroatoms. The van der Waals surface area contributed by atoms with Gasteiger partial charge >= 0.3 is 0 Å². The molecule has 1 aromatic heterocycles. The monoisotopic (exact) mass is 224 g/mol. The van der Waals surface area contributed by atoms with Crippen molar-refractivity contribution >= 4 is 11.0 Å². The van der Waals surface area contributed by atoms with Gasteiger partial charge in [0.15, 0.2) is 0 Å². The molecule has 0 fully saturated rings. The normalized spacial score (nSPS) is 10.9. The first-order valence-corrected chi connectivity index (χ1v) is 5.48. The van der Waals surface area contributed by atoms with Crippen molar-refractivity contribution in [3.8, 4) is 5.69 Å². The van der Waals surface area contributed by atoms with Gasteiger partial charge in [-0.3, -0.25) is 0 Å². The number of fused-ring (bicyclic) bond motifs is 1. The minimum Gasteiger partial charge on any atom is -0.326 e. The van der Waals surface area contributed by atoms with Crippen molar-refractivity contribution in [3.63, 3.8) is 0 Å². The zero-order valence-corrected chi connectivity index (χ0v) is 9.24. The Morgan fingerprint density at radius 1 is 1.06 bits per heavy atom. The standard InChI is InChI=1S/C13H12N4/c14-9-10-4-3-5-11(8-10)17-13-7-2-1-6-12(13)15-16-17/h1-8H,9,14H2. The molecule has 0 saturated heterocycles. The molecule has 0 bridgehead atoms. The van der Waals surface area contributed by atoms with E-state index in [-0.39, 0.29) is 0 Å². The van der Waals surface area contributed by atoms with Gasteiger partial charge in [-0.2, -0.15) is 0 Å². The SMILES string of the molecule is NCc1cccc(-n2nnc3ccccc32)c1. The van der Waals surface area contributed by atoms with Crippen LogP contribution in [0.4, 0.5) is 0 Å². The van der Waals surface area contributed by atoms with Gasteiger partial charge in [-0.05, 0) is 29.8 Å². The molecule has 4 nitrogen and oxygen atoms in total. The maximum atomic E-state index is 5.64. The highest BCUT2D eigenvalue weighted by atomic mass is 15.4. The van der Waals surface area contributed by atoms with Crippen molar-refractivity contribution in [2.24, 2.45) is 5.73 Å². The van der Waals surface area contributed by atoms with Gasteiger partial charge in [-0.25, -0.2) is 4.68 Å². The summed E-state index contributed by atoms with van der Waals surface area (Å²) in [6.07, 6.45) is 0. The van der Waals surface area contributed by atoms with Crippen molar-refractivity contribution in [1.82, 2.24) is 15.0 Å². The molecule has 84 valence electrons. The van der Waals surface area contributed by atoms with Crippen LogP contribution in [0.25, 0.3) is 16.7 Å². The van der Waals surface area contributed by atoms with E-state index in [1.54, 1.807) is 0 Å². The van der Waals surface area contributed by atoms with E-state index in [1.807, 2.05) is 53.2 Å². The van der Waals surface area contributed by atoms with Gasteiger partial charge in [0.1, 0.15) is 5.52 Å². The van der Waals surface area contributed by atoms with E-state index >= 15 is 0 Å². The lowest BCUT2D eigenvalue weighted by Crippen LogP contribution is -2.00. The van der Waals surface area contributed by atoms with Gasteiger partial charge in [0, 0.05) is 6.54 Å². The number of aromatic nitrogens is 3. The fourth-order valence-corrected chi connectivity index (χ4v) is 1.87. The minimum atomic E-state index is 0.528. The highest BCUT2D eigenvalue weighted by Crippen LogP contribution is 2.16. The molecule has 0 aliphatic heterocycles. The molecule has 0 spiro atoms. The predicted molar refractivity (Wildman–Crippen MR) is 66.8 cm³/mol. The Bertz CT molecular complexity index is 657. The maximum absolute atomic E-state index is 5.64. The fourth-order valence-electron chi connectivity index (χ4n) is 1.87. The molecule has 0 unspecified atom stereocenters. The van der Waals surface area contributed by atoms with Crippen molar-refractivity contribution < 1.29 is 0 Å². The molecule has 3 rings (SSSR count). The zero-order valence-electron chi connectivity index (χ0n) is 9.24. The molecule has 1 heterocycles. The highest BCUT2D eigenvalue weighted by Gasteiger charge is 2.05. The van der Waals surface area contributed by atoms with Gasteiger partial charge in [0.25, 0.3) is 0 Å². The Hall–Kier alpha value is -2.20. The number of nitrogens with zero attached hydrogens (tertiary/aromatic N) is 3. The van der Waals surface area contributed by atoms with Crippen LogP contribution >= 0.6 is 0 Å². The summed E-state index contributed by atoms with van der Waals surface area (Å²) in [5.74, 6) is 0. The minimum absolute atomic E-state index is 0.528. The Morgan fingerprint density at radius 2 is 1.94 bits per heavy atom.